The first-order chi connectivity index (χ1) is 12.2. The van der Waals surface area contributed by atoms with Gasteiger partial charge in [-0.1, -0.05) is 24.3 Å². The number of hydrogen-bond donors (Lipinski definition) is 0. The molecule has 1 aromatic carbocycles. The molecule has 0 saturated heterocycles. The molecule has 0 saturated carbocycles. The van der Waals surface area contributed by atoms with Gasteiger partial charge in [0.25, 0.3) is 0 Å². The number of amides is 1. The largest absolute Gasteiger partial charge is 0.312 e. The van der Waals surface area contributed by atoms with Crippen molar-refractivity contribution in [3.05, 3.63) is 65.6 Å². The van der Waals surface area contributed by atoms with Crippen molar-refractivity contribution < 1.29 is 4.79 Å². The van der Waals surface area contributed by atoms with Gasteiger partial charge in [0, 0.05) is 36.5 Å². The summed E-state index contributed by atoms with van der Waals surface area (Å²) in [6.45, 7) is 4.82. The third-order valence-corrected chi connectivity index (χ3v) is 5.12. The summed E-state index contributed by atoms with van der Waals surface area (Å²) in [6.07, 6.45) is 4.64. The van der Waals surface area contributed by atoms with Crippen molar-refractivity contribution in [1.29, 1.82) is 0 Å². The van der Waals surface area contributed by atoms with E-state index >= 15 is 0 Å². The van der Waals surface area contributed by atoms with Crippen molar-refractivity contribution in [1.82, 2.24) is 9.38 Å². The van der Waals surface area contributed by atoms with E-state index in [1.54, 1.807) is 0 Å². The van der Waals surface area contributed by atoms with Crippen LogP contribution < -0.4 is 4.90 Å². The molecule has 1 aliphatic carbocycles. The summed E-state index contributed by atoms with van der Waals surface area (Å²) in [4.78, 5) is 19.8. The Morgan fingerprint density at radius 3 is 2.80 bits per heavy atom. The van der Waals surface area contributed by atoms with Gasteiger partial charge in [-0.15, -0.1) is 0 Å². The van der Waals surface area contributed by atoms with E-state index in [1.807, 2.05) is 42.2 Å². The van der Waals surface area contributed by atoms with E-state index in [9.17, 15) is 4.79 Å². The van der Waals surface area contributed by atoms with E-state index in [2.05, 4.69) is 29.7 Å². The highest BCUT2D eigenvalue weighted by atomic mass is 16.2. The highest BCUT2D eigenvalue weighted by molar-refractivity contribution is 5.95. The quantitative estimate of drug-likeness (QED) is 0.731. The lowest BCUT2D eigenvalue weighted by molar-refractivity contribution is -0.122. The zero-order chi connectivity index (χ0) is 17.4. The lowest BCUT2D eigenvalue weighted by Crippen LogP contribution is -2.38. The molecule has 4 rings (SSSR count). The number of nitrogens with zero attached hydrogens (tertiary/aromatic N) is 3. The number of imidazole rings is 1. The zero-order valence-corrected chi connectivity index (χ0v) is 14.8. The first-order valence-electron chi connectivity index (χ1n) is 9.00. The molecule has 0 N–H and O–H groups in total. The predicted molar refractivity (Wildman–Crippen MR) is 99.9 cm³/mol. The summed E-state index contributed by atoms with van der Waals surface area (Å²) in [7, 11) is 0. The first kappa shape index (κ1) is 15.9. The van der Waals surface area contributed by atoms with Crippen molar-refractivity contribution in [2.45, 2.75) is 33.1 Å². The van der Waals surface area contributed by atoms with Gasteiger partial charge in [-0.3, -0.25) is 4.79 Å². The van der Waals surface area contributed by atoms with Crippen molar-refractivity contribution in [3.8, 4) is 0 Å². The van der Waals surface area contributed by atoms with Crippen molar-refractivity contribution in [2.75, 3.05) is 11.4 Å². The van der Waals surface area contributed by atoms with Crippen LogP contribution in [0.15, 0.2) is 48.7 Å². The number of anilines is 1. The van der Waals surface area contributed by atoms with Crippen LogP contribution in [0.5, 0.6) is 0 Å². The lowest BCUT2D eigenvalue weighted by atomic mass is 9.88. The molecule has 1 unspecified atom stereocenters. The van der Waals surface area contributed by atoms with Crippen molar-refractivity contribution in [2.24, 2.45) is 5.92 Å². The standard InChI is InChI=1S/C21H23N3O/c1-3-23(17-7-5-4-6-8-17)21(25)16-10-11-18-19(13-16)24-14-15(2)9-12-20(24)22-18/h4-9,12,14,16H,3,10-11,13H2,1-2H3. The second-order valence-corrected chi connectivity index (χ2v) is 6.80. The van der Waals surface area contributed by atoms with Crippen LogP contribution in [0.2, 0.25) is 0 Å². The summed E-state index contributed by atoms with van der Waals surface area (Å²) in [5, 5.41) is 0. The fourth-order valence-electron chi connectivity index (χ4n) is 3.82. The molecule has 4 nitrogen and oxygen atoms in total. The number of pyridine rings is 1. The maximum Gasteiger partial charge on any atom is 0.230 e. The second kappa shape index (κ2) is 6.36. The molecule has 0 bridgehead atoms. The molecule has 128 valence electrons. The number of benzene rings is 1. The average molecular weight is 333 g/mol. The summed E-state index contributed by atoms with van der Waals surface area (Å²) in [5.74, 6) is 0.245. The van der Waals surface area contributed by atoms with E-state index in [1.165, 1.54) is 11.3 Å². The van der Waals surface area contributed by atoms with Crippen LogP contribution in [0.3, 0.4) is 0 Å². The maximum atomic E-state index is 13.2. The minimum atomic E-state index is 0.0214. The molecule has 0 fully saturated rings. The predicted octanol–water partition coefficient (Wildman–Crippen LogP) is 3.80. The molecule has 3 aromatic rings. The first-order valence-corrected chi connectivity index (χ1v) is 9.00. The number of rotatable bonds is 3. The van der Waals surface area contributed by atoms with Gasteiger partial charge in [0.05, 0.1) is 5.69 Å². The summed E-state index contributed by atoms with van der Waals surface area (Å²) in [6, 6.07) is 14.1. The zero-order valence-electron chi connectivity index (χ0n) is 14.8. The van der Waals surface area contributed by atoms with Gasteiger partial charge in [-0.05, 0) is 50.5 Å². The molecule has 4 heteroatoms. The van der Waals surface area contributed by atoms with Gasteiger partial charge in [0.15, 0.2) is 0 Å². The summed E-state index contributed by atoms with van der Waals surface area (Å²) >= 11 is 0. The normalized spacial score (nSPS) is 16.6. The number of carbonyl (C=O) groups is 1. The van der Waals surface area contributed by atoms with Crippen LogP contribution in [0.4, 0.5) is 5.69 Å². The van der Waals surface area contributed by atoms with Crippen molar-refractivity contribution >= 4 is 17.2 Å². The Hall–Kier alpha value is -2.62. The van der Waals surface area contributed by atoms with Gasteiger partial charge in [0.1, 0.15) is 5.65 Å². The molecule has 0 spiro atoms. The third kappa shape index (κ3) is 2.82. The van der Waals surface area contributed by atoms with Crippen LogP contribution in [0.1, 0.15) is 30.3 Å². The van der Waals surface area contributed by atoms with E-state index in [-0.39, 0.29) is 11.8 Å². The number of fused-ring (bicyclic) bond motifs is 3. The minimum Gasteiger partial charge on any atom is -0.312 e. The summed E-state index contributed by atoms with van der Waals surface area (Å²) < 4.78 is 2.17. The van der Waals surface area contributed by atoms with Crippen LogP contribution in [-0.2, 0) is 17.6 Å². The molecule has 0 radical (unpaired) electrons. The Bertz CT molecular complexity index is 914. The molecule has 1 aliphatic rings. The van der Waals surface area contributed by atoms with Crippen LogP contribution >= 0.6 is 0 Å². The van der Waals surface area contributed by atoms with E-state index in [0.717, 1.165) is 36.3 Å². The third-order valence-electron chi connectivity index (χ3n) is 5.12. The van der Waals surface area contributed by atoms with Gasteiger partial charge < -0.3 is 9.30 Å². The second-order valence-electron chi connectivity index (χ2n) is 6.80. The van der Waals surface area contributed by atoms with Crippen LogP contribution in [-0.4, -0.2) is 21.8 Å². The Balaban J connectivity index is 1.64. The fraction of sp³-hybridized carbons (Fsp3) is 0.333. The molecule has 2 aromatic heterocycles. The van der Waals surface area contributed by atoms with Gasteiger partial charge >= 0.3 is 0 Å². The SMILES string of the molecule is CCN(C(=O)C1CCc2nc3ccc(C)cn3c2C1)c1ccccc1. The van der Waals surface area contributed by atoms with Gasteiger partial charge in [-0.2, -0.15) is 0 Å². The Kier molecular flexibility index (Phi) is 4.04. The topological polar surface area (TPSA) is 37.6 Å². The number of aryl methyl sites for hydroxylation is 2. The number of aromatic nitrogens is 2. The lowest BCUT2D eigenvalue weighted by Gasteiger charge is -2.28. The molecule has 1 amide bonds. The molecular weight excluding hydrogens is 310 g/mol. The number of carbonyl (C=O) groups excluding carboxylic acids is 1. The Morgan fingerprint density at radius 2 is 2.04 bits per heavy atom. The molecule has 1 atom stereocenters. The van der Waals surface area contributed by atoms with Crippen LogP contribution in [0.25, 0.3) is 5.65 Å². The molecule has 25 heavy (non-hydrogen) atoms. The molecular formula is C21H23N3O. The van der Waals surface area contributed by atoms with Gasteiger partial charge in [0.2, 0.25) is 5.91 Å². The Morgan fingerprint density at radius 1 is 1.24 bits per heavy atom. The molecule has 2 heterocycles. The highest BCUT2D eigenvalue weighted by Gasteiger charge is 2.31. The smallest absolute Gasteiger partial charge is 0.230 e. The highest BCUT2D eigenvalue weighted by Crippen LogP contribution is 2.29. The minimum absolute atomic E-state index is 0.0214. The van der Waals surface area contributed by atoms with Crippen LogP contribution in [0, 0.1) is 12.8 Å². The number of hydrogen-bond acceptors (Lipinski definition) is 2. The monoisotopic (exact) mass is 333 g/mol. The summed E-state index contributed by atoms with van der Waals surface area (Å²) in [5.41, 5.74) is 5.53. The average Bonchev–Trinajstić information content (AvgIpc) is 3.00. The Labute approximate surface area is 148 Å². The van der Waals surface area contributed by atoms with Gasteiger partial charge in [-0.25, -0.2) is 4.98 Å². The van der Waals surface area contributed by atoms with E-state index in [4.69, 9.17) is 4.98 Å². The maximum absolute atomic E-state index is 13.2. The van der Waals surface area contributed by atoms with E-state index in [0.29, 0.717) is 6.54 Å². The molecule has 0 aliphatic heterocycles. The van der Waals surface area contributed by atoms with E-state index < -0.39 is 0 Å². The fourth-order valence-corrected chi connectivity index (χ4v) is 3.82. The van der Waals surface area contributed by atoms with Crippen molar-refractivity contribution in [3.63, 3.8) is 0 Å². The number of para-hydroxylation sites is 1.